The fraction of sp³-hybridized carbons (Fsp3) is 0.611. The molecule has 9 heteroatoms. The van der Waals surface area contributed by atoms with Gasteiger partial charge in [0, 0.05) is 30.1 Å². The Morgan fingerprint density at radius 1 is 1.26 bits per heavy atom. The van der Waals surface area contributed by atoms with Crippen molar-refractivity contribution in [1.82, 2.24) is 10.2 Å². The van der Waals surface area contributed by atoms with Crippen LogP contribution in [0, 0.1) is 0 Å². The lowest BCUT2D eigenvalue weighted by atomic mass is 9.95. The first-order chi connectivity index (χ1) is 12.7. The van der Waals surface area contributed by atoms with Crippen LogP contribution >= 0.6 is 11.8 Å². The van der Waals surface area contributed by atoms with Gasteiger partial charge in [0.25, 0.3) is 0 Å². The molecule has 0 radical (unpaired) electrons. The summed E-state index contributed by atoms with van der Waals surface area (Å²) < 4.78 is 42.8. The van der Waals surface area contributed by atoms with E-state index in [2.05, 4.69) is 29.4 Å². The summed E-state index contributed by atoms with van der Waals surface area (Å²) in [6.45, 7) is 7.56. The number of carbonyl (C=O) groups is 1. The molecule has 2 rings (SSSR count). The van der Waals surface area contributed by atoms with Crippen LogP contribution in [0.4, 0.5) is 23.7 Å². The quantitative estimate of drug-likeness (QED) is 0.674. The van der Waals surface area contributed by atoms with Gasteiger partial charge in [0.05, 0.1) is 24.7 Å². The van der Waals surface area contributed by atoms with Gasteiger partial charge in [-0.05, 0) is 25.5 Å². The largest absolute Gasteiger partial charge is 0.398 e. The van der Waals surface area contributed by atoms with Crippen LogP contribution in [-0.2, 0) is 4.74 Å². The molecular weight excluding hydrogens is 379 g/mol. The maximum Gasteiger partial charge on any atom is 0.398 e. The van der Waals surface area contributed by atoms with Crippen LogP contribution in [0.15, 0.2) is 29.2 Å². The van der Waals surface area contributed by atoms with Crippen molar-refractivity contribution in [2.24, 2.45) is 0 Å². The third-order valence-corrected chi connectivity index (χ3v) is 5.83. The zero-order valence-corrected chi connectivity index (χ0v) is 16.4. The van der Waals surface area contributed by atoms with E-state index in [-0.39, 0.29) is 5.54 Å². The Bertz CT molecular complexity index is 624. The van der Waals surface area contributed by atoms with Crippen molar-refractivity contribution < 1.29 is 22.7 Å². The van der Waals surface area contributed by atoms with Crippen LogP contribution in [0.2, 0.25) is 0 Å². The highest BCUT2D eigenvalue weighted by Gasteiger charge is 2.32. The van der Waals surface area contributed by atoms with Crippen molar-refractivity contribution in [1.29, 1.82) is 0 Å². The van der Waals surface area contributed by atoms with Gasteiger partial charge >= 0.3 is 12.2 Å². The first-order valence-corrected chi connectivity index (χ1v) is 9.88. The summed E-state index contributed by atoms with van der Waals surface area (Å²) >= 11 is 0.657. The molecule has 0 unspecified atom stereocenters. The van der Waals surface area contributed by atoms with E-state index in [1.54, 1.807) is 24.3 Å². The van der Waals surface area contributed by atoms with Gasteiger partial charge in [0.15, 0.2) is 0 Å². The number of alkyl halides is 3. The Hall–Kier alpha value is -1.45. The molecule has 1 aromatic rings. The number of thioether (sulfide) groups is 1. The molecule has 152 valence electrons. The standard InChI is InChI=1S/C18H26F3N3O2S/c1-3-17(2,24-8-10-26-11-9-24)12-22-16(25)23-14-6-4-5-7-15(14)27-13-18(19,20)21/h4-7H,3,8-13H2,1-2H3,(H2,22,23,25)/t17-/m0/s1. The molecule has 0 aliphatic carbocycles. The molecule has 5 nitrogen and oxygen atoms in total. The fourth-order valence-electron chi connectivity index (χ4n) is 2.86. The lowest BCUT2D eigenvalue weighted by Gasteiger charge is -2.43. The number of anilines is 1. The second-order valence-corrected chi connectivity index (χ2v) is 7.67. The number of ether oxygens (including phenoxy) is 1. The normalized spacial score (nSPS) is 18.0. The van der Waals surface area contributed by atoms with E-state index < -0.39 is 18.0 Å². The van der Waals surface area contributed by atoms with Crippen molar-refractivity contribution >= 4 is 23.5 Å². The van der Waals surface area contributed by atoms with Crippen LogP contribution in [0.3, 0.4) is 0 Å². The van der Waals surface area contributed by atoms with E-state index in [0.29, 0.717) is 42.1 Å². The number of morpholine rings is 1. The maximum absolute atomic E-state index is 12.5. The summed E-state index contributed by atoms with van der Waals surface area (Å²) in [5.41, 5.74) is 0.167. The summed E-state index contributed by atoms with van der Waals surface area (Å²) in [5.74, 6) is -1.00. The van der Waals surface area contributed by atoms with Crippen LogP contribution < -0.4 is 10.6 Å². The van der Waals surface area contributed by atoms with E-state index >= 15 is 0 Å². The molecule has 2 amide bonds. The molecule has 0 spiro atoms. The molecule has 27 heavy (non-hydrogen) atoms. The summed E-state index contributed by atoms with van der Waals surface area (Å²) in [4.78, 5) is 15.0. The Balaban J connectivity index is 1.93. The lowest BCUT2D eigenvalue weighted by molar-refractivity contribution is -0.105. The molecule has 1 aliphatic heterocycles. The number of hydrogen-bond acceptors (Lipinski definition) is 4. The molecule has 1 saturated heterocycles. The first-order valence-electron chi connectivity index (χ1n) is 8.90. The third kappa shape index (κ3) is 6.90. The van der Waals surface area contributed by atoms with E-state index in [4.69, 9.17) is 4.74 Å². The average molecular weight is 405 g/mol. The minimum Gasteiger partial charge on any atom is -0.379 e. The Morgan fingerprint density at radius 3 is 2.56 bits per heavy atom. The van der Waals surface area contributed by atoms with E-state index in [0.717, 1.165) is 19.5 Å². The highest BCUT2D eigenvalue weighted by molar-refractivity contribution is 7.99. The van der Waals surface area contributed by atoms with Crippen LogP contribution in [-0.4, -0.2) is 61.2 Å². The van der Waals surface area contributed by atoms with Gasteiger partial charge in [-0.3, -0.25) is 4.90 Å². The van der Waals surface area contributed by atoms with Gasteiger partial charge in [0.2, 0.25) is 0 Å². The molecule has 0 bridgehead atoms. The molecule has 1 atom stereocenters. The average Bonchev–Trinajstić information content (AvgIpc) is 2.65. The minimum absolute atomic E-state index is 0.203. The summed E-state index contributed by atoms with van der Waals surface area (Å²) in [7, 11) is 0. The number of urea groups is 1. The molecule has 0 aromatic heterocycles. The van der Waals surface area contributed by atoms with Crippen molar-refractivity contribution in [3.05, 3.63) is 24.3 Å². The summed E-state index contributed by atoms with van der Waals surface area (Å²) in [5, 5.41) is 5.52. The number of hydrogen-bond donors (Lipinski definition) is 2. The number of carbonyl (C=O) groups excluding carboxylic acids is 1. The van der Waals surface area contributed by atoms with Crippen molar-refractivity contribution in [3.8, 4) is 0 Å². The third-order valence-electron chi connectivity index (χ3n) is 4.69. The first kappa shape index (κ1) is 21.8. The molecule has 1 heterocycles. The monoisotopic (exact) mass is 405 g/mol. The number of rotatable bonds is 7. The van der Waals surface area contributed by atoms with E-state index in [1.165, 1.54) is 0 Å². The zero-order valence-electron chi connectivity index (χ0n) is 15.6. The Morgan fingerprint density at radius 2 is 1.93 bits per heavy atom. The van der Waals surface area contributed by atoms with Crippen molar-refractivity contribution in [3.63, 3.8) is 0 Å². The predicted molar refractivity (Wildman–Crippen MR) is 101 cm³/mol. The van der Waals surface area contributed by atoms with Crippen molar-refractivity contribution in [2.75, 3.05) is 43.9 Å². The summed E-state index contributed by atoms with van der Waals surface area (Å²) in [6, 6.07) is 6.06. The fourth-order valence-corrected chi connectivity index (χ4v) is 3.62. The topological polar surface area (TPSA) is 53.6 Å². The van der Waals surface area contributed by atoms with Gasteiger partial charge in [-0.1, -0.05) is 19.1 Å². The molecule has 1 aliphatic rings. The molecular formula is C18H26F3N3O2S. The van der Waals surface area contributed by atoms with Gasteiger partial charge in [-0.2, -0.15) is 13.2 Å². The van der Waals surface area contributed by atoms with Gasteiger partial charge in [0.1, 0.15) is 0 Å². The number of para-hydroxylation sites is 1. The smallest absolute Gasteiger partial charge is 0.379 e. The SMILES string of the molecule is CC[C@@](C)(CNC(=O)Nc1ccccc1SCC(F)(F)F)N1CCOCC1. The second kappa shape index (κ2) is 9.66. The lowest BCUT2D eigenvalue weighted by Crippen LogP contribution is -2.57. The maximum atomic E-state index is 12.5. The summed E-state index contributed by atoms with van der Waals surface area (Å²) in [6.07, 6.45) is -3.41. The van der Waals surface area contributed by atoms with Crippen molar-refractivity contribution in [2.45, 2.75) is 36.9 Å². The van der Waals surface area contributed by atoms with Crippen LogP contribution in [0.1, 0.15) is 20.3 Å². The number of halogens is 3. The molecule has 1 fully saturated rings. The number of benzene rings is 1. The van der Waals surface area contributed by atoms with Crippen LogP contribution in [0.25, 0.3) is 0 Å². The van der Waals surface area contributed by atoms with E-state index in [9.17, 15) is 18.0 Å². The van der Waals surface area contributed by atoms with Crippen LogP contribution in [0.5, 0.6) is 0 Å². The Kier molecular flexibility index (Phi) is 7.81. The molecule has 1 aromatic carbocycles. The zero-order chi connectivity index (χ0) is 19.9. The molecule has 2 N–H and O–H groups in total. The van der Waals surface area contributed by atoms with Gasteiger partial charge < -0.3 is 15.4 Å². The highest BCUT2D eigenvalue weighted by Crippen LogP contribution is 2.32. The molecule has 0 saturated carbocycles. The predicted octanol–water partition coefficient (Wildman–Crippen LogP) is 3.96. The Labute approximate surface area is 162 Å². The second-order valence-electron chi connectivity index (χ2n) is 6.66. The number of nitrogens with zero attached hydrogens (tertiary/aromatic N) is 1. The number of amides is 2. The van der Waals surface area contributed by atoms with E-state index in [1.807, 2.05) is 0 Å². The van der Waals surface area contributed by atoms with Gasteiger partial charge in [-0.25, -0.2) is 4.79 Å². The minimum atomic E-state index is -4.26. The number of nitrogens with one attached hydrogen (secondary N) is 2. The van der Waals surface area contributed by atoms with Gasteiger partial charge in [-0.15, -0.1) is 11.8 Å². The highest BCUT2D eigenvalue weighted by atomic mass is 32.2.